The van der Waals surface area contributed by atoms with Gasteiger partial charge in [-0.3, -0.25) is 4.79 Å². The van der Waals surface area contributed by atoms with Crippen LogP contribution in [0.1, 0.15) is 11.1 Å². The quantitative estimate of drug-likeness (QED) is 0.825. The number of carbonyl (C=O) groups is 1. The third kappa shape index (κ3) is 4.56. The van der Waals surface area contributed by atoms with Crippen molar-refractivity contribution >= 4 is 5.91 Å². The second-order valence-electron chi connectivity index (χ2n) is 4.78. The van der Waals surface area contributed by atoms with Crippen LogP contribution in [-0.2, 0) is 17.9 Å². The first kappa shape index (κ1) is 16.0. The third-order valence-corrected chi connectivity index (χ3v) is 3.23. The lowest BCUT2D eigenvalue weighted by Crippen LogP contribution is -2.33. The van der Waals surface area contributed by atoms with Crippen LogP contribution in [0.3, 0.4) is 0 Å². The Morgan fingerprint density at radius 2 is 1.73 bits per heavy atom. The molecular formula is C17H19FN2O2. The van der Waals surface area contributed by atoms with Crippen molar-refractivity contribution < 1.29 is 13.9 Å². The molecule has 0 saturated heterocycles. The molecule has 0 fully saturated rings. The van der Waals surface area contributed by atoms with Crippen molar-refractivity contribution in [3.63, 3.8) is 0 Å². The molecule has 0 radical (unpaired) electrons. The first-order valence-corrected chi connectivity index (χ1v) is 7.03. The van der Waals surface area contributed by atoms with Gasteiger partial charge in [-0.25, -0.2) is 4.39 Å². The Morgan fingerprint density at radius 3 is 2.45 bits per heavy atom. The fourth-order valence-corrected chi connectivity index (χ4v) is 2.06. The van der Waals surface area contributed by atoms with Crippen molar-refractivity contribution in [1.82, 2.24) is 10.6 Å². The van der Waals surface area contributed by atoms with Crippen molar-refractivity contribution in [3.8, 4) is 5.75 Å². The molecule has 0 atom stereocenters. The van der Waals surface area contributed by atoms with E-state index in [1.165, 1.54) is 6.07 Å². The first-order chi connectivity index (χ1) is 10.7. The van der Waals surface area contributed by atoms with Gasteiger partial charge < -0.3 is 15.4 Å². The minimum Gasteiger partial charge on any atom is -0.496 e. The number of amides is 1. The number of ether oxygens (including phenoxy) is 1. The van der Waals surface area contributed by atoms with Gasteiger partial charge in [-0.05, 0) is 12.1 Å². The van der Waals surface area contributed by atoms with Crippen LogP contribution >= 0.6 is 0 Å². The number of methoxy groups -OCH3 is 1. The topological polar surface area (TPSA) is 50.4 Å². The van der Waals surface area contributed by atoms with Gasteiger partial charge in [-0.1, -0.05) is 36.4 Å². The molecule has 0 aliphatic carbocycles. The summed E-state index contributed by atoms with van der Waals surface area (Å²) in [5.41, 5.74) is 1.45. The Hall–Kier alpha value is -2.40. The van der Waals surface area contributed by atoms with Gasteiger partial charge in [0.2, 0.25) is 5.91 Å². The fourth-order valence-electron chi connectivity index (χ4n) is 2.06. The summed E-state index contributed by atoms with van der Waals surface area (Å²) < 4.78 is 18.6. The van der Waals surface area contributed by atoms with Crippen LogP contribution in [0.15, 0.2) is 48.5 Å². The summed E-state index contributed by atoms with van der Waals surface area (Å²) in [5.74, 6) is 0.314. The van der Waals surface area contributed by atoms with Gasteiger partial charge in [0.05, 0.1) is 13.7 Å². The summed E-state index contributed by atoms with van der Waals surface area (Å²) in [5, 5.41) is 5.72. The van der Waals surface area contributed by atoms with E-state index in [4.69, 9.17) is 4.74 Å². The monoisotopic (exact) mass is 302 g/mol. The normalized spacial score (nSPS) is 10.3. The summed E-state index contributed by atoms with van der Waals surface area (Å²) >= 11 is 0. The Labute approximate surface area is 129 Å². The van der Waals surface area contributed by atoms with Crippen LogP contribution in [-0.4, -0.2) is 19.6 Å². The summed E-state index contributed by atoms with van der Waals surface area (Å²) in [6.07, 6.45) is 0. The molecule has 4 nitrogen and oxygen atoms in total. The number of hydrogen-bond donors (Lipinski definition) is 2. The minimum absolute atomic E-state index is 0.128. The molecular weight excluding hydrogens is 283 g/mol. The average Bonchev–Trinajstić information content (AvgIpc) is 2.55. The van der Waals surface area contributed by atoms with E-state index in [2.05, 4.69) is 10.6 Å². The number of benzene rings is 2. The molecule has 0 bridgehead atoms. The Morgan fingerprint density at radius 1 is 1.05 bits per heavy atom. The minimum atomic E-state index is -0.274. The van der Waals surface area contributed by atoms with Gasteiger partial charge in [0.1, 0.15) is 11.6 Å². The van der Waals surface area contributed by atoms with E-state index in [1.807, 2.05) is 24.3 Å². The van der Waals surface area contributed by atoms with E-state index < -0.39 is 0 Å². The van der Waals surface area contributed by atoms with E-state index in [9.17, 15) is 9.18 Å². The predicted molar refractivity (Wildman–Crippen MR) is 82.9 cm³/mol. The highest BCUT2D eigenvalue weighted by Gasteiger charge is 2.05. The lowest BCUT2D eigenvalue weighted by atomic mass is 10.2. The van der Waals surface area contributed by atoms with Crippen molar-refractivity contribution in [2.45, 2.75) is 13.1 Å². The van der Waals surface area contributed by atoms with Crippen LogP contribution < -0.4 is 15.4 Å². The molecule has 0 aliphatic heterocycles. The van der Waals surface area contributed by atoms with Gasteiger partial charge in [0, 0.05) is 24.2 Å². The van der Waals surface area contributed by atoms with Crippen molar-refractivity contribution in [2.75, 3.05) is 13.7 Å². The molecule has 5 heteroatoms. The Bertz CT molecular complexity index is 632. The second-order valence-corrected chi connectivity index (χ2v) is 4.78. The van der Waals surface area contributed by atoms with Crippen LogP contribution in [0.2, 0.25) is 0 Å². The molecule has 0 unspecified atom stereocenters. The van der Waals surface area contributed by atoms with Crippen LogP contribution in [0.25, 0.3) is 0 Å². The summed E-state index contributed by atoms with van der Waals surface area (Å²) in [4.78, 5) is 11.8. The zero-order valence-electron chi connectivity index (χ0n) is 12.4. The van der Waals surface area contributed by atoms with Gasteiger partial charge in [0.15, 0.2) is 0 Å². The van der Waals surface area contributed by atoms with E-state index in [-0.39, 0.29) is 18.3 Å². The average molecular weight is 302 g/mol. The standard InChI is InChI=1S/C17H19FN2O2/c1-22-16-9-5-3-7-14(16)11-20-17(21)12-19-10-13-6-2-4-8-15(13)18/h2-9,19H,10-12H2,1H3,(H,20,21). The molecule has 0 aromatic heterocycles. The Balaban J connectivity index is 1.75. The smallest absolute Gasteiger partial charge is 0.234 e. The largest absolute Gasteiger partial charge is 0.496 e. The first-order valence-electron chi connectivity index (χ1n) is 7.03. The summed E-state index contributed by atoms with van der Waals surface area (Å²) in [6, 6.07) is 14.0. The lowest BCUT2D eigenvalue weighted by Gasteiger charge is -2.10. The zero-order chi connectivity index (χ0) is 15.8. The van der Waals surface area contributed by atoms with Crippen LogP contribution in [0.4, 0.5) is 4.39 Å². The molecule has 22 heavy (non-hydrogen) atoms. The molecule has 2 rings (SSSR count). The second kappa shape index (κ2) is 8.14. The predicted octanol–water partition coefficient (Wildman–Crippen LogP) is 2.24. The van der Waals surface area contributed by atoms with E-state index in [0.717, 1.165) is 11.3 Å². The van der Waals surface area contributed by atoms with E-state index in [1.54, 1.807) is 25.3 Å². The molecule has 0 saturated carbocycles. The molecule has 116 valence electrons. The highest BCUT2D eigenvalue weighted by atomic mass is 19.1. The maximum Gasteiger partial charge on any atom is 0.234 e. The van der Waals surface area contributed by atoms with E-state index in [0.29, 0.717) is 18.7 Å². The summed E-state index contributed by atoms with van der Waals surface area (Å²) in [7, 11) is 1.59. The summed E-state index contributed by atoms with van der Waals surface area (Å²) in [6.45, 7) is 0.836. The van der Waals surface area contributed by atoms with Gasteiger partial charge >= 0.3 is 0 Å². The van der Waals surface area contributed by atoms with Gasteiger partial charge in [-0.15, -0.1) is 0 Å². The molecule has 0 heterocycles. The fraction of sp³-hybridized carbons (Fsp3) is 0.235. The van der Waals surface area contributed by atoms with Gasteiger partial charge in [0.25, 0.3) is 0 Å². The molecule has 0 spiro atoms. The number of halogens is 1. The molecule has 1 amide bonds. The highest BCUT2D eigenvalue weighted by Crippen LogP contribution is 2.16. The number of carbonyl (C=O) groups excluding carboxylic acids is 1. The molecule has 2 aromatic carbocycles. The number of nitrogens with one attached hydrogen (secondary N) is 2. The van der Waals surface area contributed by atoms with Crippen molar-refractivity contribution in [2.24, 2.45) is 0 Å². The Kier molecular flexibility index (Phi) is 5.91. The third-order valence-electron chi connectivity index (χ3n) is 3.23. The number of para-hydroxylation sites is 1. The maximum absolute atomic E-state index is 13.4. The lowest BCUT2D eigenvalue weighted by molar-refractivity contribution is -0.120. The van der Waals surface area contributed by atoms with E-state index >= 15 is 0 Å². The molecule has 2 N–H and O–H groups in total. The van der Waals surface area contributed by atoms with Gasteiger partial charge in [-0.2, -0.15) is 0 Å². The number of hydrogen-bond acceptors (Lipinski definition) is 3. The van der Waals surface area contributed by atoms with Crippen molar-refractivity contribution in [3.05, 3.63) is 65.5 Å². The van der Waals surface area contributed by atoms with Crippen molar-refractivity contribution in [1.29, 1.82) is 0 Å². The zero-order valence-corrected chi connectivity index (χ0v) is 12.4. The van der Waals surface area contributed by atoms with Crippen LogP contribution in [0.5, 0.6) is 5.75 Å². The maximum atomic E-state index is 13.4. The molecule has 0 aliphatic rings. The molecule has 2 aromatic rings. The van der Waals surface area contributed by atoms with Crippen LogP contribution in [0, 0.1) is 5.82 Å². The highest BCUT2D eigenvalue weighted by molar-refractivity contribution is 5.78. The number of rotatable bonds is 7. The SMILES string of the molecule is COc1ccccc1CNC(=O)CNCc1ccccc1F.